The van der Waals surface area contributed by atoms with Crippen molar-refractivity contribution in [3.63, 3.8) is 0 Å². The summed E-state index contributed by atoms with van der Waals surface area (Å²) in [6.07, 6.45) is 4.38. The molecule has 0 saturated carbocycles. The molecule has 0 aliphatic carbocycles. The van der Waals surface area contributed by atoms with E-state index >= 15 is 0 Å². The van der Waals surface area contributed by atoms with Gasteiger partial charge >= 0.3 is 0 Å². The summed E-state index contributed by atoms with van der Waals surface area (Å²) in [5.41, 5.74) is 3.43. The van der Waals surface area contributed by atoms with Crippen LogP contribution in [0.1, 0.15) is 56.2 Å². The van der Waals surface area contributed by atoms with Crippen LogP contribution in [0.15, 0.2) is 12.1 Å². The van der Waals surface area contributed by atoms with Crippen LogP contribution in [-0.2, 0) is 4.79 Å². The van der Waals surface area contributed by atoms with Crippen molar-refractivity contribution in [2.45, 2.75) is 59.4 Å². The zero-order valence-electron chi connectivity index (χ0n) is 15.5. The Morgan fingerprint density at radius 3 is 2.29 bits per heavy atom. The number of carbonyl (C=O) groups excluding carboxylic acids is 1. The predicted molar refractivity (Wildman–Crippen MR) is 97.7 cm³/mol. The van der Waals surface area contributed by atoms with Gasteiger partial charge in [0.15, 0.2) is 6.04 Å². The number of carbonyl (C=O) groups is 1. The summed E-state index contributed by atoms with van der Waals surface area (Å²) in [5.74, 6) is 0.136. The van der Waals surface area contributed by atoms with Crippen LogP contribution in [0.5, 0.6) is 0 Å². The summed E-state index contributed by atoms with van der Waals surface area (Å²) < 4.78 is 0.925. The maximum Gasteiger partial charge on any atom is 0.282 e. The summed E-state index contributed by atoms with van der Waals surface area (Å²) in [4.78, 5) is 13.1. The second-order valence-corrected chi connectivity index (χ2v) is 7.08. The topological polar surface area (TPSA) is 52.9 Å². The number of amides is 1. The van der Waals surface area contributed by atoms with Crippen molar-refractivity contribution in [2.75, 3.05) is 25.0 Å². The zero-order valence-corrected chi connectivity index (χ0v) is 15.5. The van der Waals surface area contributed by atoms with Crippen molar-refractivity contribution in [3.05, 3.63) is 28.8 Å². The molecule has 4 heteroatoms. The Morgan fingerprint density at radius 1 is 1.25 bits per heavy atom. The van der Waals surface area contributed by atoms with Crippen LogP contribution in [0.3, 0.4) is 0 Å². The van der Waals surface area contributed by atoms with Gasteiger partial charge in [-0.1, -0.05) is 6.92 Å². The van der Waals surface area contributed by atoms with Gasteiger partial charge in [0.2, 0.25) is 0 Å². The first-order valence-electron chi connectivity index (χ1n) is 9.15. The van der Waals surface area contributed by atoms with Crippen LogP contribution in [-0.4, -0.2) is 36.1 Å². The number of nitriles is 1. The van der Waals surface area contributed by atoms with E-state index in [1.165, 1.54) is 12.8 Å². The lowest BCUT2D eigenvalue weighted by atomic mass is 10.0. The Balaban J connectivity index is 2.27. The normalized spacial score (nSPS) is 17.3. The standard InChI is InChI=1S/C20H29N3O/c1-5-9-18(23(6-2)10-7-8-11-23)20(24)22-19-15(3)12-17(14-21)13-16(19)4/h12-13,18H,5-11H2,1-4H3/p+1. The monoisotopic (exact) mass is 328 g/mol. The van der Waals surface area contributed by atoms with Gasteiger partial charge in [0.05, 0.1) is 31.3 Å². The molecule has 1 atom stereocenters. The maximum atomic E-state index is 13.1. The van der Waals surface area contributed by atoms with Gasteiger partial charge in [0.25, 0.3) is 5.91 Å². The number of likely N-dealkylation sites (tertiary alicyclic amines) is 1. The first-order chi connectivity index (χ1) is 11.5. The molecule has 1 unspecified atom stereocenters. The highest BCUT2D eigenvalue weighted by Crippen LogP contribution is 2.29. The van der Waals surface area contributed by atoms with Gasteiger partial charge in [-0.05, 0) is 50.5 Å². The van der Waals surface area contributed by atoms with E-state index in [0.29, 0.717) is 5.56 Å². The SMILES string of the molecule is CCCC(C(=O)Nc1c(C)cc(C#N)cc1C)[N+]1(CC)CCCC1. The molecular formula is C20H30N3O+. The van der Waals surface area contributed by atoms with Crippen LogP contribution >= 0.6 is 0 Å². The van der Waals surface area contributed by atoms with Gasteiger partial charge in [-0.3, -0.25) is 4.79 Å². The second kappa shape index (κ2) is 7.81. The van der Waals surface area contributed by atoms with Crippen LogP contribution in [0, 0.1) is 25.2 Å². The summed E-state index contributed by atoms with van der Waals surface area (Å²) in [6.45, 7) is 11.5. The molecule has 1 fully saturated rings. The summed E-state index contributed by atoms with van der Waals surface area (Å²) in [7, 11) is 0. The van der Waals surface area contributed by atoms with Crippen molar-refractivity contribution in [1.82, 2.24) is 0 Å². The molecule has 2 rings (SSSR count). The lowest BCUT2D eigenvalue weighted by molar-refractivity contribution is -0.930. The summed E-state index contributed by atoms with van der Waals surface area (Å²) >= 11 is 0. The fourth-order valence-electron chi connectivity index (χ4n) is 4.17. The molecule has 1 aromatic carbocycles. The number of nitrogens with one attached hydrogen (secondary N) is 1. The molecule has 24 heavy (non-hydrogen) atoms. The number of hydrogen-bond donors (Lipinski definition) is 1. The van der Waals surface area contributed by atoms with Crippen LogP contribution in [0.2, 0.25) is 0 Å². The molecule has 1 amide bonds. The van der Waals surface area contributed by atoms with E-state index in [-0.39, 0.29) is 11.9 Å². The first-order valence-corrected chi connectivity index (χ1v) is 9.15. The highest BCUT2D eigenvalue weighted by atomic mass is 16.2. The first kappa shape index (κ1) is 18.5. The number of aryl methyl sites for hydroxylation is 2. The molecule has 1 heterocycles. The number of nitrogens with zero attached hydrogens (tertiary/aromatic N) is 2. The minimum absolute atomic E-state index is 0.0249. The number of quaternary nitrogens is 1. The Hall–Kier alpha value is -1.86. The molecule has 0 aromatic heterocycles. The van der Waals surface area contributed by atoms with Crippen molar-refractivity contribution in [1.29, 1.82) is 5.26 Å². The van der Waals surface area contributed by atoms with Gasteiger partial charge in [0, 0.05) is 24.9 Å². The number of benzene rings is 1. The second-order valence-electron chi connectivity index (χ2n) is 7.08. The van der Waals surface area contributed by atoms with Crippen molar-refractivity contribution >= 4 is 11.6 Å². The van der Waals surface area contributed by atoms with Crippen molar-refractivity contribution in [2.24, 2.45) is 0 Å². The molecular weight excluding hydrogens is 298 g/mol. The lowest BCUT2D eigenvalue weighted by Gasteiger charge is -2.40. The Labute approximate surface area is 146 Å². The molecule has 130 valence electrons. The molecule has 1 N–H and O–H groups in total. The quantitative estimate of drug-likeness (QED) is 0.805. The van der Waals surface area contributed by atoms with E-state index in [2.05, 4.69) is 25.2 Å². The minimum Gasteiger partial charge on any atom is -0.320 e. The van der Waals surface area contributed by atoms with Gasteiger partial charge in [0.1, 0.15) is 0 Å². The van der Waals surface area contributed by atoms with E-state index in [9.17, 15) is 4.79 Å². The van der Waals surface area contributed by atoms with Gasteiger partial charge < -0.3 is 9.80 Å². The van der Waals surface area contributed by atoms with Gasteiger partial charge in [-0.2, -0.15) is 5.26 Å². The van der Waals surface area contributed by atoms with Crippen LogP contribution in [0.4, 0.5) is 5.69 Å². The third-order valence-corrected chi connectivity index (χ3v) is 5.52. The number of rotatable bonds is 6. The Bertz CT molecular complexity index is 616. The molecule has 0 spiro atoms. The minimum atomic E-state index is 0.0249. The largest absolute Gasteiger partial charge is 0.320 e. The van der Waals surface area contributed by atoms with Crippen LogP contribution < -0.4 is 5.32 Å². The van der Waals surface area contributed by atoms with Crippen molar-refractivity contribution in [3.8, 4) is 6.07 Å². The predicted octanol–water partition coefficient (Wildman–Crippen LogP) is 3.91. The third-order valence-electron chi connectivity index (χ3n) is 5.52. The molecule has 4 nitrogen and oxygen atoms in total. The molecule has 1 aromatic rings. The third kappa shape index (κ3) is 3.62. The fraction of sp³-hybridized carbons (Fsp3) is 0.600. The van der Waals surface area contributed by atoms with Crippen LogP contribution in [0.25, 0.3) is 0 Å². The Kier molecular flexibility index (Phi) is 6.01. The Morgan fingerprint density at radius 2 is 1.83 bits per heavy atom. The highest BCUT2D eigenvalue weighted by molar-refractivity contribution is 5.95. The molecule has 0 bridgehead atoms. The fourth-order valence-corrected chi connectivity index (χ4v) is 4.17. The van der Waals surface area contributed by atoms with E-state index in [4.69, 9.17) is 5.26 Å². The molecule has 1 aliphatic rings. The number of hydrogen-bond acceptors (Lipinski definition) is 2. The zero-order chi connectivity index (χ0) is 17.7. The average Bonchev–Trinajstić information content (AvgIpc) is 3.05. The average molecular weight is 328 g/mol. The lowest BCUT2D eigenvalue weighted by Crippen LogP contribution is -2.58. The van der Waals surface area contributed by atoms with E-state index in [1.54, 1.807) is 0 Å². The summed E-state index contributed by atoms with van der Waals surface area (Å²) in [5, 5.41) is 12.3. The molecule has 0 radical (unpaired) electrons. The number of anilines is 1. The van der Waals surface area contributed by atoms with E-state index in [1.807, 2.05) is 26.0 Å². The number of likely N-dealkylation sites (N-methyl/N-ethyl adjacent to an activating group) is 1. The smallest absolute Gasteiger partial charge is 0.282 e. The maximum absolute atomic E-state index is 13.1. The highest BCUT2D eigenvalue weighted by Gasteiger charge is 2.42. The molecule has 1 saturated heterocycles. The summed E-state index contributed by atoms with van der Waals surface area (Å²) in [6, 6.07) is 5.89. The molecule has 1 aliphatic heterocycles. The van der Waals surface area contributed by atoms with Gasteiger partial charge in [-0.25, -0.2) is 0 Å². The van der Waals surface area contributed by atoms with Gasteiger partial charge in [-0.15, -0.1) is 0 Å². The van der Waals surface area contributed by atoms with Crippen molar-refractivity contribution < 1.29 is 9.28 Å². The van der Waals surface area contributed by atoms with E-state index < -0.39 is 0 Å². The van der Waals surface area contributed by atoms with E-state index in [0.717, 1.165) is 53.8 Å².